The summed E-state index contributed by atoms with van der Waals surface area (Å²) in [6, 6.07) is 6.75. The summed E-state index contributed by atoms with van der Waals surface area (Å²) in [4.78, 5) is 5.17. The number of nitrogens with zero attached hydrogens (tertiary/aromatic N) is 2. The number of methoxy groups -OCH3 is 2. The van der Waals surface area contributed by atoms with E-state index in [4.69, 9.17) is 9.47 Å². The van der Waals surface area contributed by atoms with Gasteiger partial charge in [-0.2, -0.15) is 0 Å². The minimum Gasteiger partial charge on any atom is -0.497 e. The fourth-order valence-electron chi connectivity index (χ4n) is 3.55. The zero-order chi connectivity index (χ0) is 15.4. The Labute approximate surface area is 133 Å². The van der Waals surface area contributed by atoms with E-state index in [1.54, 1.807) is 14.2 Å². The van der Waals surface area contributed by atoms with Gasteiger partial charge in [0, 0.05) is 57.4 Å². The zero-order valence-electron chi connectivity index (χ0n) is 13.7. The highest BCUT2D eigenvalue weighted by atomic mass is 16.5. The molecule has 2 saturated heterocycles. The van der Waals surface area contributed by atoms with E-state index in [9.17, 15) is 0 Å². The molecular formula is C17H27N3O2. The first-order chi connectivity index (χ1) is 10.8. The van der Waals surface area contributed by atoms with E-state index < -0.39 is 0 Å². The van der Waals surface area contributed by atoms with Gasteiger partial charge in [-0.15, -0.1) is 0 Å². The SMILES string of the molecule is COc1ccc(OC)c(CN2CCC(N3CCNCC3)C2)c1. The summed E-state index contributed by atoms with van der Waals surface area (Å²) < 4.78 is 10.8. The number of hydrogen-bond donors (Lipinski definition) is 1. The van der Waals surface area contributed by atoms with E-state index in [1.807, 2.05) is 12.1 Å². The standard InChI is InChI=1S/C17H27N3O2/c1-21-16-3-4-17(22-2)14(11-16)12-19-8-5-15(13-19)20-9-6-18-7-10-20/h3-4,11,15,18H,5-10,12-13H2,1-2H3. The number of nitrogens with one attached hydrogen (secondary N) is 1. The lowest BCUT2D eigenvalue weighted by atomic mass is 10.1. The molecule has 0 aromatic heterocycles. The summed E-state index contributed by atoms with van der Waals surface area (Å²) in [7, 11) is 3.45. The molecule has 2 fully saturated rings. The van der Waals surface area contributed by atoms with Crippen molar-refractivity contribution in [3.05, 3.63) is 23.8 Å². The van der Waals surface area contributed by atoms with Gasteiger partial charge in [-0.05, 0) is 24.6 Å². The predicted octanol–water partition coefficient (Wildman–Crippen LogP) is 1.18. The Morgan fingerprint density at radius 2 is 1.95 bits per heavy atom. The summed E-state index contributed by atoms with van der Waals surface area (Å²) >= 11 is 0. The number of ether oxygens (including phenoxy) is 2. The molecule has 3 rings (SSSR count). The van der Waals surface area contributed by atoms with Crippen molar-refractivity contribution in [2.24, 2.45) is 0 Å². The highest BCUT2D eigenvalue weighted by Gasteiger charge is 2.28. The van der Waals surface area contributed by atoms with Crippen LogP contribution in [0.1, 0.15) is 12.0 Å². The maximum atomic E-state index is 5.50. The lowest BCUT2D eigenvalue weighted by molar-refractivity contribution is 0.170. The largest absolute Gasteiger partial charge is 0.497 e. The molecule has 0 bridgehead atoms. The molecule has 1 aromatic rings. The first kappa shape index (κ1) is 15.6. The topological polar surface area (TPSA) is 37.0 Å². The van der Waals surface area contributed by atoms with Crippen molar-refractivity contribution < 1.29 is 9.47 Å². The highest BCUT2D eigenvalue weighted by Crippen LogP contribution is 2.27. The van der Waals surface area contributed by atoms with Gasteiger partial charge in [0.05, 0.1) is 14.2 Å². The molecule has 1 N–H and O–H groups in total. The van der Waals surface area contributed by atoms with Crippen LogP contribution in [0.2, 0.25) is 0 Å². The van der Waals surface area contributed by atoms with Crippen molar-refractivity contribution in [1.82, 2.24) is 15.1 Å². The summed E-state index contributed by atoms with van der Waals surface area (Å²) in [6.45, 7) is 7.86. The maximum absolute atomic E-state index is 5.50. The van der Waals surface area contributed by atoms with Crippen molar-refractivity contribution in [2.45, 2.75) is 19.0 Å². The minimum absolute atomic E-state index is 0.707. The molecule has 122 valence electrons. The van der Waals surface area contributed by atoms with Crippen molar-refractivity contribution in [3.8, 4) is 11.5 Å². The quantitative estimate of drug-likeness (QED) is 0.884. The van der Waals surface area contributed by atoms with Crippen LogP contribution in [0.5, 0.6) is 11.5 Å². The Balaban J connectivity index is 1.62. The molecule has 0 aliphatic carbocycles. The van der Waals surface area contributed by atoms with E-state index in [0.717, 1.165) is 44.2 Å². The first-order valence-electron chi connectivity index (χ1n) is 8.18. The third-order valence-electron chi connectivity index (χ3n) is 4.80. The van der Waals surface area contributed by atoms with Crippen molar-refractivity contribution >= 4 is 0 Å². The summed E-state index contributed by atoms with van der Waals surface area (Å²) in [5.74, 6) is 1.85. The van der Waals surface area contributed by atoms with Crippen LogP contribution < -0.4 is 14.8 Å². The number of piperazine rings is 1. The van der Waals surface area contributed by atoms with Crippen LogP contribution in [0.25, 0.3) is 0 Å². The van der Waals surface area contributed by atoms with E-state index in [-0.39, 0.29) is 0 Å². The average Bonchev–Trinajstić information content (AvgIpc) is 3.04. The second-order valence-electron chi connectivity index (χ2n) is 6.14. The van der Waals surface area contributed by atoms with Crippen LogP contribution in [0, 0.1) is 0 Å². The second kappa shape index (κ2) is 7.31. The van der Waals surface area contributed by atoms with E-state index >= 15 is 0 Å². The number of hydrogen-bond acceptors (Lipinski definition) is 5. The van der Waals surface area contributed by atoms with Gasteiger partial charge in [0.2, 0.25) is 0 Å². The lowest BCUT2D eigenvalue weighted by Crippen LogP contribution is -2.49. The molecule has 5 nitrogen and oxygen atoms in total. The maximum Gasteiger partial charge on any atom is 0.123 e. The molecule has 1 unspecified atom stereocenters. The van der Waals surface area contributed by atoms with E-state index in [2.05, 4.69) is 21.2 Å². The normalized spacial score (nSPS) is 23.6. The van der Waals surface area contributed by atoms with E-state index in [1.165, 1.54) is 25.1 Å². The average molecular weight is 305 g/mol. The smallest absolute Gasteiger partial charge is 0.123 e. The van der Waals surface area contributed by atoms with Crippen molar-refractivity contribution in [3.63, 3.8) is 0 Å². The van der Waals surface area contributed by atoms with Crippen LogP contribution in [-0.2, 0) is 6.54 Å². The van der Waals surface area contributed by atoms with Gasteiger partial charge in [-0.1, -0.05) is 0 Å². The van der Waals surface area contributed by atoms with Gasteiger partial charge in [0.15, 0.2) is 0 Å². The highest BCUT2D eigenvalue weighted by molar-refractivity contribution is 5.40. The van der Waals surface area contributed by atoms with Gasteiger partial charge in [0.25, 0.3) is 0 Å². The number of likely N-dealkylation sites (tertiary alicyclic amines) is 1. The third-order valence-corrected chi connectivity index (χ3v) is 4.80. The molecule has 0 saturated carbocycles. The predicted molar refractivity (Wildman–Crippen MR) is 87.7 cm³/mol. The molecule has 2 heterocycles. The molecule has 1 aromatic carbocycles. The van der Waals surface area contributed by atoms with Gasteiger partial charge in [0.1, 0.15) is 11.5 Å². The molecule has 1 atom stereocenters. The van der Waals surface area contributed by atoms with Crippen molar-refractivity contribution in [2.75, 3.05) is 53.5 Å². The van der Waals surface area contributed by atoms with Gasteiger partial charge >= 0.3 is 0 Å². The van der Waals surface area contributed by atoms with Gasteiger partial charge < -0.3 is 14.8 Å². The molecule has 22 heavy (non-hydrogen) atoms. The first-order valence-corrected chi connectivity index (χ1v) is 8.18. The molecule has 0 amide bonds. The minimum atomic E-state index is 0.707. The monoisotopic (exact) mass is 305 g/mol. The number of benzene rings is 1. The van der Waals surface area contributed by atoms with Crippen LogP contribution in [0.15, 0.2) is 18.2 Å². The van der Waals surface area contributed by atoms with Gasteiger partial charge in [-0.25, -0.2) is 0 Å². The fraction of sp³-hybridized carbons (Fsp3) is 0.647. The van der Waals surface area contributed by atoms with Gasteiger partial charge in [-0.3, -0.25) is 9.80 Å². The summed E-state index contributed by atoms with van der Waals surface area (Å²) in [5.41, 5.74) is 1.21. The fourth-order valence-corrected chi connectivity index (χ4v) is 3.55. The second-order valence-corrected chi connectivity index (χ2v) is 6.14. The third kappa shape index (κ3) is 3.54. The van der Waals surface area contributed by atoms with Crippen LogP contribution in [0.4, 0.5) is 0 Å². The summed E-state index contributed by atoms with van der Waals surface area (Å²) in [5, 5.41) is 3.43. The van der Waals surface area contributed by atoms with Crippen LogP contribution in [-0.4, -0.2) is 69.3 Å². The lowest BCUT2D eigenvalue weighted by Gasteiger charge is -2.32. The van der Waals surface area contributed by atoms with Crippen LogP contribution in [0.3, 0.4) is 0 Å². The Bertz CT molecular complexity index is 489. The number of rotatable bonds is 5. The molecule has 2 aliphatic heterocycles. The molecular weight excluding hydrogens is 278 g/mol. The van der Waals surface area contributed by atoms with Crippen molar-refractivity contribution in [1.29, 1.82) is 0 Å². The Kier molecular flexibility index (Phi) is 5.18. The summed E-state index contributed by atoms with van der Waals surface area (Å²) in [6.07, 6.45) is 1.27. The zero-order valence-corrected chi connectivity index (χ0v) is 13.7. The Hall–Kier alpha value is -1.30. The molecule has 0 radical (unpaired) electrons. The molecule has 0 spiro atoms. The Morgan fingerprint density at radius 3 is 2.68 bits per heavy atom. The Morgan fingerprint density at radius 1 is 1.14 bits per heavy atom. The molecule has 5 heteroatoms. The molecule has 2 aliphatic rings. The van der Waals surface area contributed by atoms with Crippen LogP contribution >= 0.6 is 0 Å². The van der Waals surface area contributed by atoms with E-state index in [0.29, 0.717) is 6.04 Å².